The van der Waals surface area contributed by atoms with Crippen molar-refractivity contribution < 1.29 is 0 Å². The fraction of sp³-hybridized carbons (Fsp3) is 0.333. The van der Waals surface area contributed by atoms with E-state index in [1.165, 1.54) is 0 Å². The van der Waals surface area contributed by atoms with Gasteiger partial charge in [0.05, 0.1) is 11.4 Å². The van der Waals surface area contributed by atoms with Crippen LogP contribution in [-0.2, 0) is 0 Å². The van der Waals surface area contributed by atoms with E-state index in [0.717, 1.165) is 6.42 Å². The smallest absolute Gasteiger partial charge is 0.141 e. The summed E-state index contributed by atoms with van der Waals surface area (Å²) in [5.74, 6) is 0. The van der Waals surface area contributed by atoms with Crippen molar-refractivity contribution in [2.24, 2.45) is 5.73 Å². The molecule has 4 nitrogen and oxygen atoms in total. The Labute approximate surface area is 77.2 Å². The minimum Gasteiger partial charge on any atom is -0.397 e. The number of hydrogen-bond donors (Lipinski definition) is 2. The van der Waals surface area contributed by atoms with Gasteiger partial charge in [-0.15, -0.1) is 0 Å². The summed E-state index contributed by atoms with van der Waals surface area (Å²) in [5.41, 5.74) is 13.0. The molecule has 0 amide bonds. The molecule has 0 saturated heterocycles. The van der Waals surface area contributed by atoms with Crippen LogP contribution in [0.1, 0.15) is 30.8 Å². The predicted octanol–water partition coefficient (Wildman–Crippen LogP) is 0.945. The molecular weight excluding hydrogens is 164 g/mol. The molecule has 68 valence electrons. The lowest BCUT2D eigenvalue weighted by molar-refractivity contribution is 0.677. The van der Waals surface area contributed by atoms with Crippen LogP contribution in [-0.4, -0.2) is 4.98 Å². The van der Waals surface area contributed by atoms with Gasteiger partial charge in [0.25, 0.3) is 0 Å². The van der Waals surface area contributed by atoms with Gasteiger partial charge in [0.15, 0.2) is 0 Å². The van der Waals surface area contributed by atoms with Crippen molar-refractivity contribution in [3.8, 4) is 6.07 Å². The maximum absolute atomic E-state index is 8.61. The van der Waals surface area contributed by atoms with Crippen molar-refractivity contribution >= 4 is 5.69 Å². The van der Waals surface area contributed by atoms with E-state index in [1.54, 1.807) is 12.1 Å². The molecule has 0 aliphatic carbocycles. The summed E-state index contributed by atoms with van der Waals surface area (Å²) < 4.78 is 0. The number of nitrogens with two attached hydrogens (primary N) is 2. The maximum Gasteiger partial charge on any atom is 0.141 e. The Kier molecular flexibility index (Phi) is 2.83. The van der Waals surface area contributed by atoms with Gasteiger partial charge in [-0.3, -0.25) is 0 Å². The quantitative estimate of drug-likeness (QED) is 0.702. The first kappa shape index (κ1) is 9.49. The maximum atomic E-state index is 8.61. The third-order valence-electron chi connectivity index (χ3n) is 1.86. The number of nitrogen functional groups attached to an aromatic ring is 1. The normalized spacial score (nSPS) is 12.1. The van der Waals surface area contributed by atoms with Crippen LogP contribution in [0.15, 0.2) is 12.1 Å². The second kappa shape index (κ2) is 3.87. The monoisotopic (exact) mass is 176 g/mol. The summed E-state index contributed by atoms with van der Waals surface area (Å²) in [7, 11) is 0. The molecule has 1 atom stereocenters. The summed E-state index contributed by atoms with van der Waals surface area (Å²) in [4.78, 5) is 4.05. The summed E-state index contributed by atoms with van der Waals surface area (Å²) in [5, 5.41) is 8.61. The minimum atomic E-state index is -0.187. The van der Waals surface area contributed by atoms with Crippen LogP contribution >= 0.6 is 0 Å². The molecule has 4 N–H and O–H groups in total. The Morgan fingerprint density at radius 2 is 2.31 bits per heavy atom. The molecule has 4 heteroatoms. The molecule has 0 radical (unpaired) electrons. The van der Waals surface area contributed by atoms with Gasteiger partial charge in [0.2, 0.25) is 0 Å². The highest BCUT2D eigenvalue weighted by Gasteiger charge is 2.09. The lowest BCUT2D eigenvalue weighted by Gasteiger charge is -2.10. The summed E-state index contributed by atoms with van der Waals surface area (Å²) in [6.07, 6.45) is 0.756. The standard InChI is InChI=1S/C9H12N4/c1-2-7(11)9-8(12)4-3-6(5-10)13-9/h3-4,7H,2,11-12H2,1H3. The van der Waals surface area contributed by atoms with Crippen LogP contribution in [0.25, 0.3) is 0 Å². The second-order valence-corrected chi connectivity index (χ2v) is 2.80. The van der Waals surface area contributed by atoms with Crippen molar-refractivity contribution in [2.45, 2.75) is 19.4 Å². The van der Waals surface area contributed by atoms with Gasteiger partial charge in [-0.25, -0.2) is 4.98 Å². The minimum absolute atomic E-state index is 0.187. The molecule has 1 aromatic rings. The van der Waals surface area contributed by atoms with E-state index in [-0.39, 0.29) is 6.04 Å². The molecule has 0 aliphatic rings. The van der Waals surface area contributed by atoms with E-state index in [4.69, 9.17) is 16.7 Å². The number of anilines is 1. The highest BCUT2D eigenvalue weighted by Crippen LogP contribution is 2.18. The van der Waals surface area contributed by atoms with Crippen molar-refractivity contribution in [3.63, 3.8) is 0 Å². The molecular formula is C9H12N4. The molecule has 0 aromatic carbocycles. The predicted molar refractivity (Wildman–Crippen MR) is 50.6 cm³/mol. The Morgan fingerprint density at radius 3 is 2.85 bits per heavy atom. The Hall–Kier alpha value is -1.60. The van der Waals surface area contributed by atoms with Crippen LogP contribution in [0, 0.1) is 11.3 Å². The van der Waals surface area contributed by atoms with Gasteiger partial charge < -0.3 is 11.5 Å². The van der Waals surface area contributed by atoms with Crippen molar-refractivity contribution in [3.05, 3.63) is 23.5 Å². The average molecular weight is 176 g/mol. The number of rotatable bonds is 2. The van der Waals surface area contributed by atoms with Gasteiger partial charge in [0.1, 0.15) is 11.8 Å². The molecule has 0 spiro atoms. The number of pyridine rings is 1. The van der Waals surface area contributed by atoms with Crippen LogP contribution in [0.3, 0.4) is 0 Å². The summed E-state index contributed by atoms with van der Waals surface area (Å²) in [6.45, 7) is 1.95. The summed E-state index contributed by atoms with van der Waals surface area (Å²) in [6, 6.07) is 5.01. The number of nitriles is 1. The first-order valence-electron chi connectivity index (χ1n) is 4.11. The first-order chi connectivity index (χ1) is 6.19. The molecule has 0 saturated carbocycles. The van der Waals surface area contributed by atoms with Gasteiger partial charge >= 0.3 is 0 Å². The molecule has 0 aliphatic heterocycles. The van der Waals surface area contributed by atoms with Crippen LogP contribution in [0.4, 0.5) is 5.69 Å². The van der Waals surface area contributed by atoms with Gasteiger partial charge in [0, 0.05) is 6.04 Å². The van der Waals surface area contributed by atoms with E-state index in [0.29, 0.717) is 17.1 Å². The van der Waals surface area contributed by atoms with E-state index in [2.05, 4.69) is 4.98 Å². The van der Waals surface area contributed by atoms with E-state index >= 15 is 0 Å². The highest BCUT2D eigenvalue weighted by molar-refractivity contribution is 5.46. The SMILES string of the molecule is CCC(N)c1nc(C#N)ccc1N. The zero-order valence-electron chi connectivity index (χ0n) is 7.49. The van der Waals surface area contributed by atoms with Crippen molar-refractivity contribution in [2.75, 3.05) is 5.73 Å². The average Bonchev–Trinajstić information content (AvgIpc) is 2.17. The lowest BCUT2D eigenvalue weighted by atomic mass is 10.1. The molecule has 13 heavy (non-hydrogen) atoms. The Morgan fingerprint density at radius 1 is 1.62 bits per heavy atom. The first-order valence-corrected chi connectivity index (χ1v) is 4.11. The number of hydrogen-bond acceptors (Lipinski definition) is 4. The topological polar surface area (TPSA) is 88.7 Å². The fourth-order valence-corrected chi connectivity index (χ4v) is 1.04. The Bertz CT molecular complexity index is 340. The van der Waals surface area contributed by atoms with E-state index in [1.807, 2.05) is 13.0 Å². The second-order valence-electron chi connectivity index (χ2n) is 2.80. The van der Waals surface area contributed by atoms with E-state index in [9.17, 15) is 0 Å². The molecule has 1 unspecified atom stereocenters. The third-order valence-corrected chi connectivity index (χ3v) is 1.86. The van der Waals surface area contributed by atoms with Gasteiger partial charge in [-0.1, -0.05) is 6.92 Å². The molecule has 1 rings (SSSR count). The van der Waals surface area contributed by atoms with Gasteiger partial charge in [-0.2, -0.15) is 5.26 Å². The zero-order valence-corrected chi connectivity index (χ0v) is 7.49. The van der Waals surface area contributed by atoms with Crippen LogP contribution in [0.5, 0.6) is 0 Å². The molecule has 0 fully saturated rings. The molecule has 0 bridgehead atoms. The Balaban J connectivity index is 3.12. The number of aromatic nitrogens is 1. The zero-order chi connectivity index (χ0) is 9.84. The van der Waals surface area contributed by atoms with Gasteiger partial charge in [-0.05, 0) is 18.6 Å². The number of nitrogens with zero attached hydrogens (tertiary/aromatic N) is 2. The van der Waals surface area contributed by atoms with Crippen molar-refractivity contribution in [1.82, 2.24) is 4.98 Å². The van der Waals surface area contributed by atoms with Crippen molar-refractivity contribution in [1.29, 1.82) is 5.26 Å². The fourth-order valence-electron chi connectivity index (χ4n) is 1.04. The largest absolute Gasteiger partial charge is 0.397 e. The third kappa shape index (κ3) is 1.95. The highest BCUT2D eigenvalue weighted by atomic mass is 14.8. The summed E-state index contributed by atoms with van der Waals surface area (Å²) >= 11 is 0. The van der Waals surface area contributed by atoms with E-state index < -0.39 is 0 Å². The molecule has 1 heterocycles. The van der Waals surface area contributed by atoms with Crippen LogP contribution < -0.4 is 11.5 Å². The van der Waals surface area contributed by atoms with Crippen LogP contribution in [0.2, 0.25) is 0 Å². The lowest BCUT2D eigenvalue weighted by Crippen LogP contribution is -2.13. The molecule has 1 aromatic heterocycles.